The Morgan fingerprint density at radius 1 is 1.25 bits per heavy atom. The third-order valence-corrected chi connectivity index (χ3v) is 6.54. The highest BCUT2D eigenvalue weighted by Gasteiger charge is 2.28. The van der Waals surface area contributed by atoms with Crippen LogP contribution in [-0.2, 0) is 21.2 Å². The smallest absolute Gasteiger partial charge is 0.227 e. The van der Waals surface area contributed by atoms with Gasteiger partial charge in [0.1, 0.15) is 5.75 Å². The first-order valence-electron chi connectivity index (χ1n) is 7.87. The van der Waals surface area contributed by atoms with Gasteiger partial charge in [0.25, 0.3) is 0 Å². The van der Waals surface area contributed by atoms with Crippen LogP contribution in [-0.4, -0.2) is 62.6 Å². The molecule has 0 saturated carbocycles. The second-order valence-corrected chi connectivity index (χ2v) is 8.44. The van der Waals surface area contributed by atoms with Gasteiger partial charge in [-0.2, -0.15) is 4.31 Å². The molecule has 1 saturated heterocycles. The molecule has 1 fully saturated rings. The van der Waals surface area contributed by atoms with Crippen LogP contribution in [0.25, 0.3) is 0 Å². The fourth-order valence-corrected chi connectivity index (χ4v) is 3.97. The highest BCUT2D eigenvalue weighted by atomic mass is 35.5. The molecular formula is C16H23ClN2O4S. The van der Waals surface area contributed by atoms with E-state index in [2.05, 4.69) is 0 Å². The zero-order valence-electron chi connectivity index (χ0n) is 14.2. The summed E-state index contributed by atoms with van der Waals surface area (Å²) in [5.41, 5.74) is 1.63. The number of hydrogen-bond acceptors (Lipinski definition) is 4. The van der Waals surface area contributed by atoms with E-state index in [0.29, 0.717) is 37.0 Å². The van der Waals surface area contributed by atoms with Crippen LogP contribution in [0.5, 0.6) is 5.75 Å². The number of rotatable bonds is 5. The van der Waals surface area contributed by atoms with Crippen molar-refractivity contribution in [2.45, 2.75) is 20.3 Å². The Morgan fingerprint density at radius 3 is 2.42 bits per heavy atom. The average Bonchev–Trinajstić information content (AvgIpc) is 2.58. The van der Waals surface area contributed by atoms with E-state index in [1.807, 2.05) is 13.0 Å². The summed E-state index contributed by atoms with van der Waals surface area (Å²) >= 11 is 6.14. The lowest BCUT2D eigenvalue weighted by Gasteiger charge is -2.34. The van der Waals surface area contributed by atoms with Gasteiger partial charge in [0, 0.05) is 36.8 Å². The van der Waals surface area contributed by atoms with Crippen LogP contribution in [0.15, 0.2) is 12.1 Å². The largest absolute Gasteiger partial charge is 0.496 e. The molecule has 0 radical (unpaired) electrons. The molecule has 8 heteroatoms. The lowest BCUT2D eigenvalue weighted by molar-refractivity contribution is -0.131. The molecule has 2 rings (SSSR count). The average molecular weight is 375 g/mol. The monoisotopic (exact) mass is 374 g/mol. The number of hydrogen-bond donors (Lipinski definition) is 0. The molecule has 0 spiro atoms. The summed E-state index contributed by atoms with van der Waals surface area (Å²) in [6.45, 7) is 4.99. The van der Waals surface area contributed by atoms with E-state index in [1.165, 1.54) is 4.31 Å². The van der Waals surface area contributed by atoms with Crippen LogP contribution in [0.2, 0.25) is 5.02 Å². The van der Waals surface area contributed by atoms with Crippen molar-refractivity contribution in [3.05, 3.63) is 28.3 Å². The van der Waals surface area contributed by atoms with Crippen molar-refractivity contribution in [2.75, 3.05) is 39.0 Å². The summed E-state index contributed by atoms with van der Waals surface area (Å²) in [4.78, 5) is 14.2. The van der Waals surface area contributed by atoms with Crippen molar-refractivity contribution >= 4 is 27.5 Å². The number of methoxy groups -OCH3 is 1. The topological polar surface area (TPSA) is 66.9 Å². The van der Waals surface area contributed by atoms with Gasteiger partial charge in [-0.25, -0.2) is 8.42 Å². The lowest BCUT2D eigenvalue weighted by Crippen LogP contribution is -2.51. The summed E-state index contributed by atoms with van der Waals surface area (Å²) in [5, 5.41) is 0.595. The van der Waals surface area contributed by atoms with E-state index in [0.717, 1.165) is 11.1 Å². The minimum absolute atomic E-state index is 0.0539. The highest BCUT2D eigenvalue weighted by molar-refractivity contribution is 7.89. The molecule has 0 bridgehead atoms. The quantitative estimate of drug-likeness (QED) is 0.786. The Balaban J connectivity index is 2.03. The number of piperazine rings is 1. The summed E-state index contributed by atoms with van der Waals surface area (Å²) in [7, 11) is -1.63. The molecular weight excluding hydrogens is 352 g/mol. The van der Waals surface area contributed by atoms with E-state index in [9.17, 15) is 13.2 Å². The molecule has 1 aromatic rings. The van der Waals surface area contributed by atoms with Gasteiger partial charge in [-0.1, -0.05) is 11.6 Å². The van der Waals surface area contributed by atoms with Gasteiger partial charge in [-0.15, -0.1) is 0 Å². The number of amides is 1. The maximum atomic E-state index is 12.5. The van der Waals surface area contributed by atoms with E-state index >= 15 is 0 Å². The van der Waals surface area contributed by atoms with Gasteiger partial charge < -0.3 is 9.64 Å². The standard InChI is InChI=1S/C16H23ClN2O4S/c1-4-24(21,22)19-7-5-18(6-8-19)16(20)11-13-10-14(17)12(2)9-15(13)23-3/h9-10H,4-8,11H2,1-3H3. The van der Waals surface area contributed by atoms with Crippen LogP contribution in [0.3, 0.4) is 0 Å². The van der Waals surface area contributed by atoms with Crippen molar-refractivity contribution in [1.29, 1.82) is 0 Å². The molecule has 0 N–H and O–H groups in total. The second-order valence-electron chi connectivity index (χ2n) is 5.77. The molecule has 0 unspecified atom stereocenters. The fraction of sp³-hybridized carbons (Fsp3) is 0.562. The molecule has 1 heterocycles. The zero-order chi connectivity index (χ0) is 17.9. The van der Waals surface area contributed by atoms with Crippen molar-refractivity contribution in [2.24, 2.45) is 0 Å². The maximum absolute atomic E-state index is 12.5. The van der Waals surface area contributed by atoms with Crippen LogP contribution < -0.4 is 4.74 Å². The Kier molecular flexibility index (Phi) is 6.11. The van der Waals surface area contributed by atoms with E-state index in [-0.39, 0.29) is 18.1 Å². The Bertz CT molecular complexity index is 713. The van der Waals surface area contributed by atoms with Crippen molar-refractivity contribution < 1.29 is 17.9 Å². The number of halogens is 1. The molecule has 1 amide bonds. The van der Waals surface area contributed by atoms with E-state index in [1.54, 1.807) is 25.0 Å². The van der Waals surface area contributed by atoms with Crippen LogP contribution in [0.4, 0.5) is 0 Å². The molecule has 1 aliphatic heterocycles. The highest BCUT2D eigenvalue weighted by Crippen LogP contribution is 2.27. The summed E-state index contributed by atoms with van der Waals surface area (Å²) < 4.78 is 30.5. The number of ether oxygens (including phenoxy) is 1. The first-order valence-corrected chi connectivity index (χ1v) is 9.85. The Morgan fingerprint density at radius 2 is 1.88 bits per heavy atom. The van der Waals surface area contributed by atoms with Gasteiger partial charge in [-0.3, -0.25) is 4.79 Å². The van der Waals surface area contributed by atoms with Crippen molar-refractivity contribution in [1.82, 2.24) is 9.21 Å². The molecule has 0 aromatic heterocycles. The number of carbonyl (C=O) groups is 1. The van der Waals surface area contributed by atoms with Crippen molar-refractivity contribution in [3.63, 3.8) is 0 Å². The third-order valence-electron chi connectivity index (χ3n) is 4.25. The number of sulfonamides is 1. The Labute approximate surface area is 148 Å². The van der Waals surface area contributed by atoms with Crippen LogP contribution in [0.1, 0.15) is 18.1 Å². The summed E-state index contributed by atoms with van der Waals surface area (Å²) in [5.74, 6) is 0.666. The number of aryl methyl sites for hydroxylation is 1. The molecule has 0 aliphatic carbocycles. The predicted octanol–water partition coefficient (Wildman–Crippen LogP) is 1.69. The van der Waals surface area contributed by atoms with Gasteiger partial charge in [0.2, 0.25) is 15.9 Å². The molecule has 0 atom stereocenters. The van der Waals surface area contributed by atoms with Crippen LogP contribution >= 0.6 is 11.6 Å². The number of nitrogens with zero attached hydrogens (tertiary/aromatic N) is 2. The second kappa shape index (κ2) is 7.72. The number of carbonyl (C=O) groups excluding carboxylic acids is 1. The first-order chi connectivity index (χ1) is 11.3. The van der Waals surface area contributed by atoms with Crippen molar-refractivity contribution in [3.8, 4) is 5.75 Å². The van der Waals surface area contributed by atoms with Gasteiger partial charge >= 0.3 is 0 Å². The van der Waals surface area contributed by atoms with Gasteiger partial charge in [0.15, 0.2) is 0 Å². The molecule has 1 aromatic carbocycles. The van der Waals surface area contributed by atoms with E-state index < -0.39 is 10.0 Å². The SMILES string of the molecule is CCS(=O)(=O)N1CCN(C(=O)Cc2cc(Cl)c(C)cc2OC)CC1. The lowest BCUT2D eigenvalue weighted by atomic mass is 10.1. The minimum Gasteiger partial charge on any atom is -0.496 e. The normalized spacial score (nSPS) is 16.2. The van der Waals surface area contributed by atoms with Gasteiger partial charge in [0.05, 0.1) is 19.3 Å². The predicted molar refractivity (Wildman–Crippen MR) is 94.1 cm³/mol. The van der Waals surface area contributed by atoms with E-state index in [4.69, 9.17) is 16.3 Å². The number of benzene rings is 1. The minimum atomic E-state index is -3.19. The summed E-state index contributed by atoms with van der Waals surface area (Å²) in [6, 6.07) is 3.57. The Hall–Kier alpha value is -1.31. The first kappa shape index (κ1) is 19.0. The zero-order valence-corrected chi connectivity index (χ0v) is 15.8. The molecule has 1 aliphatic rings. The third kappa shape index (κ3) is 4.20. The fourth-order valence-electron chi connectivity index (χ4n) is 2.70. The maximum Gasteiger partial charge on any atom is 0.227 e. The van der Waals surface area contributed by atoms with Crippen LogP contribution in [0, 0.1) is 6.92 Å². The molecule has 134 valence electrons. The van der Waals surface area contributed by atoms with Gasteiger partial charge in [-0.05, 0) is 31.5 Å². The molecule has 6 nitrogen and oxygen atoms in total. The molecule has 24 heavy (non-hydrogen) atoms. The summed E-state index contributed by atoms with van der Waals surface area (Å²) in [6.07, 6.45) is 0.184.